The molecular weight excluding hydrogens is 228 g/mol. The maximum Gasteiger partial charge on any atom is 0.289 e. The zero-order valence-electron chi connectivity index (χ0n) is 10.7. The van der Waals surface area contributed by atoms with Crippen LogP contribution in [0.15, 0.2) is 24.5 Å². The molecule has 5 nitrogen and oxygen atoms in total. The summed E-state index contributed by atoms with van der Waals surface area (Å²) >= 11 is 0. The maximum absolute atomic E-state index is 11.8. The highest BCUT2D eigenvalue weighted by Crippen LogP contribution is 2.18. The molecule has 1 aromatic heterocycles. The van der Waals surface area contributed by atoms with Crippen LogP contribution in [0, 0.1) is 13.8 Å². The molecule has 18 heavy (non-hydrogen) atoms. The molecule has 0 saturated carbocycles. The minimum atomic E-state index is -0.250. The second kappa shape index (κ2) is 5.00. The van der Waals surface area contributed by atoms with E-state index in [1.165, 1.54) is 17.5 Å². The van der Waals surface area contributed by atoms with E-state index in [9.17, 15) is 4.79 Å². The van der Waals surface area contributed by atoms with Gasteiger partial charge in [-0.2, -0.15) is 5.10 Å². The minimum Gasteiger partial charge on any atom is -0.343 e. The highest BCUT2D eigenvalue weighted by molar-refractivity contribution is 5.90. The smallest absolute Gasteiger partial charge is 0.289 e. The van der Waals surface area contributed by atoms with Crippen molar-refractivity contribution >= 4 is 5.91 Å². The van der Waals surface area contributed by atoms with Gasteiger partial charge in [-0.25, -0.2) is 4.98 Å². The van der Waals surface area contributed by atoms with Crippen molar-refractivity contribution in [1.29, 1.82) is 0 Å². The van der Waals surface area contributed by atoms with Crippen LogP contribution in [0.2, 0.25) is 0 Å². The molecule has 0 fully saturated rings. The number of carbonyl (C=O) groups is 1. The van der Waals surface area contributed by atoms with Crippen LogP contribution < -0.4 is 5.32 Å². The molecule has 5 heteroatoms. The summed E-state index contributed by atoms with van der Waals surface area (Å²) in [4.78, 5) is 15.6. The van der Waals surface area contributed by atoms with E-state index in [1.54, 1.807) is 0 Å². The van der Waals surface area contributed by atoms with Crippen LogP contribution >= 0.6 is 0 Å². The number of H-pyrrole nitrogens is 1. The molecule has 0 radical (unpaired) electrons. The van der Waals surface area contributed by atoms with Crippen LogP contribution in [-0.4, -0.2) is 21.1 Å². The summed E-state index contributed by atoms with van der Waals surface area (Å²) in [6.07, 6.45) is 1.32. The molecule has 1 unspecified atom stereocenters. The van der Waals surface area contributed by atoms with Gasteiger partial charge in [0.1, 0.15) is 6.33 Å². The number of nitrogens with one attached hydrogen (secondary N) is 2. The van der Waals surface area contributed by atoms with Crippen LogP contribution in [0.5, 0.6) is 0 Å². The predicted octanol–water partition coefficient (Wildman–Crippen LogP) is 1.91. The fourth-order valence-electron chi connectivity index (χ4n) is 1.97. The molecule has 1 atom stereocenters. The van der Waals surface area contributed by atoms with Gasteiger partial charge in [0.15, 0.2) is 0 Å². The third-order valence-corrected chi connectivity index (χ3v) is 2.87. The van der Waals surface area contributed by atoms with Gasteiger partial charge in [0.2, 0.25) is 5.82 Å². The SMILES string of the molecule is Cc1ccc(C(C)NC(=O)c2ncn[nH]2)c(C)c1. The Balaban J connectivity index is 2.12. The molecule has 94 valence electrons. The van der Waals surface area contributed by atoms with E-state index in [4.69, 9.17) is 0 Å². The van der Waals surface area contributed by atoms with Gasteiger partial charge in [0, 0.05) is 0 Å². The molecular formula is C13H16N4O. The Hall–Kier alpha value is -2.17. The van der Waals surface area contributed by atoms with Crippen molar-refractivity contribution in [3.63, 3.8) is 0 Å². The summed E-state index contributed by atoms with van der Waals surface area (Å²) in [6.45, 7) is 6.04. The quantitative estimate of drug-likeness (QED) is 0.866. The van der Waals surface area contributed by atoms with E-state index < -0.39 is 0 Å². The first kappa shape index (κ1) is 12.3. The molecule has 0 saturated heterocycles. The first-order chi connectivity index (χ1) is 8.58. The topological polar surface area (TPSA) is 70.7 Å². The molecule has 0 aliphatic rings. The van der Waals surface area contributed by atoms with Crippen LogP contribution in [0.1, 0.15) is 40.3 Å². The van der Waals surface area contributed by atoms with Crippen molar-refractivity contribution in [1.82, 2.24) is 20.5 Å². The van der Waals surface area contributed by atoms with Crippen LogP contribution in [0.25, 0.3) is 0 Å². The molecule has 1 amide bonds. The molecule has 1 aromatic carbocycles. The Morgan fingerprint density at radius 1 is 1.39 bits per heavy atom. The van der Waals surface area contributed by atoms with Gasteiger partial charge in [0.05, 0.1) is 6.04 Å². The molecule has 2 aromatic rings. The van der Waals surface area contributed by atoms with Crippen molar-refractivity contribution < 1.29 is 4.79 Å². The summed E-state index contributed by atoms with van der Waals surface area (Å²) in [5, 5.41) is 9.09. The van der Waals surface area contributed by atoms with Gasteiger partial charge in [-0.1, -0.05) is 23.8 Å². The summed E-state index contributed by atoms with van der Waals surface area (Å²) in [7, 11) is 0. The van der Waals surface area contributed by atoms with Crippen LogP contribution in [-0.2, 0) is 0 Å². The average Bonchev–Trinajstić information content (AvgIpc) is 2.81. The van der Waals surface area contributed by atoms with Gasteiger partial charge >= 0.3 is 0 Å². The number of aryl methyl sites for hydroxylation is 2. The number of rotatable bonds is 3. The summed E-state index contributed by atoms with van der Waals surface area (Å²) in [6, 6.07) is 6.12. The number of amides is 1. The second-order valence-electron chi connectivity index (χ2n) is 4.39. The highest BCUT2D eigenvalue weighted by Gasteiger charge is 2.14. The predicted molar refractivity (Wildman–Crippen MR) is 68.2 cm³/mol. The largest absolute Gasteiger partial charge is 0.343 e. The lowest BCUT2D eigenvalue weighted by Crippen LogP contribution is -2.28. The Labute approximate surface area is 106 Å². The lowest BCUT2D eigenvalue weighted by Gasteiger charge is -2.16. The van der Waals surface area contributed by atoms with Crippen molar-refractivity contribution in [2.24, 2.45) is 0 Å². The Bertz CT molecular complexity index is 548. The summed E-state index contributed by atoms with van der Waals surface area (Å²) in [5.74, 6) is -0.0217. The third kappa shape index (κ3) is 2.56. The number of nitrogens with zero attached hydrogens (tertiary/aromatic N) is 2. The van der Waals surface area contributed by atoms with E-state index in [2.05, 4.69) is 33.5 Å². The average molecular weight is 244 g/mol. The number of aromatic nitrogens is 3. The molecule has 0 bridgehead atoms. The van der Waals surface area contributed by atoms with Crippen molar-refractivity contribution in [3.05, 3.63) is 47.0 Å². The summed E-state index contributed by atoms with van der Waals surface area (Å²) in [5.41, 5.74) is 3.49. The van der Waals surface area contributed by atoms with E-state index in [1.807, 2.05) is 26.0 Å². The second-order valence-corrected chi connectivity index (χ2v) is 4.39. The van der Waals surface area contributed by atoms with Crippen molar-refractivity contribution in [2.75, 3.05) is 0 Å². The van der Waals surface area contributed by atoms with Gasteiger partial charge in [-0.3, -0.25) is 9.89 Å². The van der Waals surface area contributed by atoms with E-state index in [0.29, 0.717) is 0 Å². The van der Waals surface area contributed by atoms with Crippen LogP contribution in [0.3, 0.4) is 0 Å². The molecule has 0 spiro atoms. The number of hydrogen-bond acceptors (Lipinski definition) is 3. The van der Waals surface area contributed by atoms with Crippen molar-refractivity contribution in [2.45, 2.75) is 26.8 Å². The first-order valence-corrected chi connectivity index (χ1v) is 5.81. The Morgan fingerprint density at radius 3 is 2.78 bits per heavy atom. The third-order valence-electron chi connectivity index (χ3n) is 2.87. The lowest BCUT2D eigenvalue weighted by atomic mass is 10.0. The molecule has 0 aliphatic carbocycles. The highest BCUT2D eigenvalue weighted by atomic mass is 16.2. The van der Waals surface area contributed by atoms with Gasteiger partial charge in [-0.15, -0.1) is 0 Å². The maximum atomic E-state index is 11.8. The minimum absolute atomic E-state index is 0.0665. The van der Waals surface area contributed by atoms with Gasteiger partial charge < -0.3 is 5.32 Å². The number of benzene rings is 1. The van der Waals surface area contributed by atoms with Gasteiger partial charge in [0.25, 0.3) is 5.91 Å². The molecule has 2 rings (SSSR count). The van der Waals surface area contributed by atoms with Gasteiger partial charge in [-0.05, 0) is 31.9 Å². The molecule has 0 aliphatic heterocycles. The number of aromatic amines is 1. The summed E-state index contributed by atoms with van der Waals surface area (Å²) < 4.78 is 0. The molecule has 1 heterocycles. The number of hydrogen-bond donors (Lipinski definition) is 2. The normalized spacial score (nSPS) is 12.2. The zero-order chi connectivity index (χ0) is 13.1. The van der Waals surface area contributed by atoms with Crippen LogP contribution in [0.4, 0.5) is 0 Å². The zero-order valence-corrected chi connectivity index (χ0v) is 10.7. The lowest BCUT2D eigenvalue weighted by molar-refractivity contribution is 0.0929. The fraction of sp³-hybridized carbons (Fsp3) is 0.308. The molecule has 2 N–H and O–H groups in total. The Morgan fingerprint density at radius 2 is 2.17 bits per heavy atom. The monoisotopic (exact) mass is 244 g/mol. The Kier molecular flexibility index (Phi) is 3.41. The standard InChI is InChI=1S/C13H16N4O/c1-8-4-5-11(9(2)6-8)10(3)16-13(18)12-14-7-15-17-12/h4-7,10H,1-3H3,(H,16,18)(H,14,15,17). The van der Waals surface area contributed by atoms with E-state index >= 15 is 0 Å². The number of carbonyl (C=O) groups excluding carboxylic acids is 1. The van der Waals surface area contributed by atoms with E-state index in [-0.39, 0.29) is 17.8 Å². The fourth-order valence-corrected chi connectivity index (χ4v) is 1.97. The van der Waals surface area contributed by atoms with Crippen molar-refractivity contribution in [3.8, 4) is 0 Å². The first-order valence-electron chi connectivity index (χ1n) is 5.81. The van der Waals surface area contributed by atoms with E-state index in [0.717, 1.165) is 5.56 Å².